The Labute approximate surface area is 162 Å². The van der Waals surface area contributed by atoms with Crippen molar-refractivity contribution >= 4 is 0 Å². The maximum Gasteiger partial charge on any atom is 0.196 e. The van der Waals surface area contributed by atoms with Gasteiger partial charge in [0.25, 0.3) is 0 Å². The van der Waals surface area contributed by atoms with E-state index in [-0.39, 0.29) is 24.2 Å². The molecule has 1 saturated heterocycles. The van der Waals surface area contributed by atoms with Crippen LogP contribution in [0.5, 0.6) is 0 Å². The Morgan fingerprint density at radius 3 is 2.26 bits per heavy atom. The monoisotopic (exact) mass is 384 g/mol. The molecule has 0 aromatic rings. The van der Waals surface area contributed by atoms with Crippen molar-refractivity contribution in [1.29, 1.82) is 0 Å². The molecule has 0 aromatic carbocycles. The molecule has 3 nitrogen and oxygen atoms in total. The molecule has 0 N–H and O–H groups in total. The number of methoxy groups -OCH3 is 1. The molecule has 1 saturated carbocycles. The second-order valence-electron chi connectivity index (χ2n) is 7.67. The lowest BCUT2D eigenvalue weighted by atomic mass is 9.74. The van der Waals surface area contributed by atoms with E-state index in [1.165, 1.54) is 39.7 Å². The second-order valence-corrected chi connectivity index (χ2v) is 7.67. The molecule has 1 aliphatic heterocycles. The Hall–Kier alpha value is -1.20. The van der Waals surface area contributed by atoms with Gasteiger partial charge in [-0.1, -0.05) is 13.0 Å². The summed E-state index contributed by atoms with van der Waals surface area (Å²) >= 11 is 0. The SMILES string of the molecule is C=CC1CCC(C2CCC(OC/C(CC)=C(F)/C(F)=C(\C)OC)OC2)CC1. The average molecular weight is 385 g/mol. The van der Waals surface area contributed by atoms with E-state index < -0.39 is 11.7 Å². The van der Waals surface area contributed by atoms with Crippen molar-refractivity contribution in [3.63, 3.8) is 0 Å². The van der Waals surface area contributed by atoms with Crippen molar-refractivity contribution in [3.05, 3.63) is 35.6 Å². The van der Waals surface area contributed by atoms with E-state index in [0.29, 0.717) is 24.9 Å². The maximum absolute atomic E-state index is 14.3. The quantitative estimate of drug-likeness (QED) is 0.282. The first-order valence-corrected chi connectivity index (χ1v) is 10.1. The van der Waals surface area contributed by atoms with Gasteiger partial charge in [-0.2, -0.15) is 0 Å². The molecule has 0 spiro atoms. The van der Waals surface area contributed by atoms with Crippen molar-refractivity contribution in [1.82, 2.24) is 0 Å². The van der Waals surface area contributed by atoms with E-state index in [9.17, 15) is 8.78 Å². The van der Waals surface area contributed by atoms with Gasteiger partial charge < -0.3 is 14.2 Å². The number of ether oxygens (including phenoxy) is 3. The summed E-state index contributed by atoms with van der Waals surface area (Å²) in [7, 11) is 1.32. The van der Waals surface area contributed by atoms with Gasteiger partial charge in [0, 0.05) is 0 Å². The summed E-state index contributed by atoms with van der Waals surface area (Å²) in [6, 6.07) is 0. The highest BCUT2D eigenvalue weighted by atomic mass is 19.2. The zero-order valence-corrected chi connectivity index (χ0v) is 16.9. The molecule has 1 heterocycles. The summed E-state index contributed by atoms with van der Waals surface area (Å²) < 4.78 is 44.6. The van der Waals surface area contributed by atoms with Crippen LogP contribution in [0, 0.1) is 17.8 Å². The maximum atomic E-state index is 14.3. The molecule has 0 aromatic heterocycles. The fraction of sp³-hybridized carbons (Fsp3) is 0.727. The first-order valence-electron chi connectivity index (χ1n) is 10.1. The first kappa shape index (κ1) is 22.1. The molecule has 27 heavy (non-hydrogen) atoms. The highest BCUT2D eigenvalue weighted by molar-refractivity contribution is 5.27. The summed E-state index contributed by atoms with van der Waals surface area (Å²) in [4.78, 5) is 0. The molecule has 2 rings (SSSR count). The minimum absolute atomic E-state index is 0.0343. The lowest BCUT2D eigenvalue weighted by molar-refractivity contribution is -0.177. The van der Waals surface area contributed by atoms with Gasteiger partial charge >= 0.3 is 0 Å². The van der Waals surface area contributed by atoms with Crippen LogP contribution in [0.3, 0.4) is 0 Å². The molecular formula is C22H34F2O3. The van der Waals surface area contributed by atoms with E-state index in [1.807, 2.05) is 0 Å². The molecule has 2 aliphatic rings. The molecule has 2 atom stereocenters. The molecule has 1 aliphatic carbocycles. The van der Waals surface area contributed by atoms with Crippen molar-refractivity contribution in [2.24, 2.45) is 17.8 Å². The minimum Gasteiger partial charge on any atom is -0.498 e. The number of hydrogen-bond donors (Lipinski definition) is 0. The van der Waals surface area contributed by atoms with E-state index in [2.05, 4.69) is 12.7 Å². The van der Waals surface area contributed by atoms with E-state index in [4.69, 9.17) is 14.2 Å². The van der Waals surface area contributed by atoms with Gasteiger partial charge in [0.05, 0.1) is 20.3 Å². The Morgan fingerprint density at radius 1 is 1.07 bits per heavy atom. The third kappa shape index (κ3) is 6.15. The van der Waals surface area contributed by atoms with Crippen LogP contribution >= 0.6 is 0 Å². The third-order valence-electron chi connectivity index (χ3n) is 6.07. The molecule has 5 heteroatoms. The minimum atomic E-state index is -0.960. The summed E-state index contributed by atoms with van der Waals surface area (Å²) in [5, 5.41) is 0. The largest absolute Gasteiger partial charge is 0.498 e. The zero-order chi connectivity index (χ0) is 19.8. The van der Waals surface area contributed by atoms with Crippen LogP contribution in [0.1, 0.15) is 58.8 Å². The van der Waals surface area contributed by atoms with Gasteiger partial charge in [0.2, 0.25) is 0 Å². The molecule has 0 amide bonds. The topological polar surface area (TPSA) is 27.7 Å². The van der Waals surface area contributed by atoms with Gasteiger partial charge in [-0.25, -0.2) is 8.78 Å². The number of allylic oxidation sites excluding steroid dienone is 4. The molecular weight excluding hydrogens is 350 g/mol. The number of hydrogen-bond acceptors (Lipinski definition) is 3. The third-order valence-corrected chi connectivity index (χ3v) is 6.07. The molecule has 2 fully saturated rings. The molecule has 154 valence electrons. The summed E-state index contributed by atoms with van der Waals surface area (Å²) in [5.41, 5.74) is 0.289. The Bertz CT molecular complexity index is 540. The van der Waals surface area contributed by atoms with E-state index in [1.54, 1.807) is 6.92 Å². The lowest BCUT2D eigenvalue weighted by Gasteiger charge is -2.37. The molecule has 0 radical (unpaired) electrons. The van der Waals surface area contributed by atoms with E-state index in [0.717, 1.165) is 18.8 Å². The summed E-state index contributed by atoms with van der Waals surface area (Å²) in [5.74, 6) is 0.0657. The normalized spacial score (nSPS) is 31.0. The Morgan fingerprint density at radius 2 is 1.74 bits per heavy atom. The average Bonchev–Trinajstić information content (AvgIpc) is 2.73. The Kier molecular flexibility index (Phi) is 8.97. The van der Waals surface area contributed by atoms with Crippen LogP contribution in [0.15, 0.2) is 35.6 Å². The van der Waals surface area contributed by atoms with Gasteiger partial charge in [0.1, 0.15) is 5.76 Å². The Balaban J connectivity index is 1.80. The predicted molar refractivity (Wildman–Crippen MR) is 103 cm³/mol. The standard InChI is InChI=1S/C22H34F2O3/c1-5-16-7-9-18(10-8-16)19-11-12-20(27-14-19)26-13-17(6-2)22(24)21(23)15(3)25-4/h5,16,18-20H,1,6-14H2,2-4H3/b21-15-,22-17-. The van der Waals surface area contributed by atoms with Crippen LogP contribution in [0.2, 0.25) is 0 Å². The van der Waals surface area contributed by atoms with Crippen LogP contribution in [-0.2, 0) is 14.2 Å². The molecule has 2 unspecified atom stereocenters. The number of rotatable bonds is 8. The van der Waals surface area contributed by atoms with Crippen molar-refractivity contribution in [2.75, 3.05) is 20.3 Å². The molecule has 0 bridgehead atoms. The van der Waals surface area contributed by atoms with Crippen LogP contribution in [-0.4, -0.2) is 26.6 Å². The van der Waals surface area contributed by atoms with Crippen molar-refractivity contribution < 1.29 is 23.0 Å². The van der Waals surface area contributed by atoms with Gasteiger partial charge in [0.15, 0.2) is 17.9 Å². The fourth-order valence-corrected chi connectivity index (χ4v) is 4.02. The highest BCUT2D eigenvalue weighted by Crippen LogP contribution is 2.38. The zero-order valence-electron chi connectivity index (χ0n) is 16.9. The van der Waals surface area contributed by atoms with Crippen LogP contribution < -0.4 is 0 Å². The number of halogens is 2. The van der Waals surface area contributed by atoms with E-state index >= 15 is 0 Å². The van der Waals surface area contributed by atoms with Crippen LogP contribution in [0.4, 0.5) is 8.78 Å². The smallest absolute Gasteiger partial charge is 0.196 e. The first-order chi connectivity index (χ1) is 13.0. The lowest BCUT2D eigenvalue weighted by Crippen LogP contribution is -2.33. The van der Waals surface area contributed by atoms with Gasteiger partial charge in [-0.05, 0) is 75.2 Å². The second kappa shape index (κ2) is 11.0. The van der Waals surface area contributed by atoms with Crippen molar-refractivity contribution in [3.8, 4) is 0 Å². The fourth-order valence-electron chi connectivity index (χ4n) is 4.02. The summed E-state index contributed by atoms with van der Waals surface area (Å²) in [6.45, 7) is 7.82. The highest BCUT2D eigenvalue weighted by Gasteiger charge is 2.31. The van der Waals surface area contributed by atoms with Crippen molar-refractivity contribution in [2.45, 2.75) is 65.1 Å². The van der Waals surface area contributed by atoms with Gasteiger partial charge in [-0.3, -0.25) is 0 Å². The predicted octanol–water partition coefficient (Wildman–Crippen LogP) is 6.23. The summed E-state index contributed by atoms with van der Waals surface area (Å²) in [6.07, 6.45) is 8.95. The van der Waals surface area contributed by atoms with Crippen LogP contribution in [0.25, 0.3) is 0 Å². The van der Waals surface area contributed by atoms with Gasteiger partial charge in [-0.15, -0.1) is 6.58 Å².